The maximum atomic E-state index is 5.20. The number of aromatic nitrogens is 1. The first kappa shape index (κ1) is 16.5. The molecular weight excluding hydrogens is 378 g/mol. The molecule has 0 aliphatic heterocycles. The fourth-order valence-electron chi connectivity index (χ4n) is 4.51. The summed E-state index contributed by atoms with van der Waals surface area (Å²) in [6.45, 7) is 0. The Hall–Kier alpha value is -1.68. The molecule has 130 valence electrons. The molecule has 1 aromatic carbocycles. The van der Waals surface area contributed by atoms with E-state index in [1.54, 1.807) is 10.4 Å². The highest BCUT2D eigenvalue weighted by Crippen LogP contribution is 2.49. The van der Waals surface area contributed by atoms with Gasteiger partial charge in [0.2, 0.25) is 0 Å². The second-order valence-corrected chi connectivity index (χ2v) is 9.05. The van der Waals surface area contributed by atoms with E-state index in [-0.39, 0.29) is 12.4 Å². The number of halogens is 1. The Bertz CT molecular complexity index is 1120. The van der Waals surface area contributed by atoms with Gasteiger partial charge in [0.15, 0.2) is 0 Å². The van der Waals surface area contributed by atoms with E-state index in [4.69, 9.17) is 4.98 Å². The largest absolute Gasteiger partial charge is 0.237 e. The highest BCUT2D eigenvalue weighted by atomic mass is 35.5. The summed E-state index contributed by atoms with van der Waals surface area (Å²) in [6, 6.07) is 13.3. The van der Waals surface area contributed by atoms with Gasteiger partial charge in [0, 0.05) is 32.7 Å². The van der Waals surface area contributed by atoms with E-state index < -0.39 is 0 Å². The first-order valence-electron chi connectivity index (χ1n) is 8.99. The highest BCUT2D eigenvalue weighted by Gasteiger charge is 2.29. The number of thiophene rings is 2. The minimum absolute atomic E-state index is 0. The van der Waals surface area contributed by atoms with Gasteiger partial charge in [-0.15, -0.1) is 35.1 Å². The second kappa shape index (κ2) is 6.19. The summed E-state index contributed by atoms with van der Waals surface area (Å²) in [5.74, 6) is 0. The first-order chi connectivity index (χ1) is 12.4. The van der Waals surface area contributed by atoms with Crippen molar-refractivity contribution in [3.05, 3.63) is 63.3 Å². The lowest BCUT2D eigenvalue weighted by Gasteiger charge is -2.14. The molecule has 2 aliphatic rings. The summed E-state index contributed by atoms with van der Waals surface area (Å²) in [5, 5.41) is 3.67. The molecule has 0 N–H and O–H groups in total. The molecule has 0 spiro atoms. The van der Waals surface area contributed by atoms with E-state index in [1.165, 1.54) is 68.7 Å². The van der Waals surface area contributed by atoms with Crippen LogP contribution in [-0.4, -0.2) is 4.98 Å². The molecule has 2 aliphatic carbocycles. The van der Waals surface area contributed by atoms with E-state index >= 15 is 0 Å². The molecule has 1 nitrogen and oxygen atoms in total. The van der Waals surface area contributed by atoms with Gasteiger partial charge in [0.1, 0.15) is 4.83 Å². The van der Waals surface area contributed by atoms with Crippen molar-refractivity contribution in [2.24, 2.45) is 0 Å². The van der Waals surface area contributed by atoms with Gasteiger partial charge in [0.05, 0.1) is 5.69 Å². The van der Waals surface area contributed by atoms with Crippen molar-refractivity contribution in [3.8, 4) is 21.7 Å². The maximum absolute atomic E-state index is 5.20. The van der Waals surface area contributed by atoms with Gasteiger partial charge in [0.25, 0.3) is 0 Å². The lowest BCUT2D eigenvalue weighted by Crippen LogP contribution is -1.99. The third-order valence-electron chi connectivity index (χ3n) is 5.61. The quantitative estimate of drug-likeness (QED) is 0.301. The lowest BCUT2D eigenvalue weighted by atomic mass is 9.92. The molecule has 3 aromatic heterocycles. The summed E-state index contributed by atoms with van der Waals surface area (Å²) in [6.07, 6.45) is 6.13. The molecule has 0 atom stereocenters. The van der Waals surface area contributed by atoms with E-state index in [1.807, 2.05) is 22.7 Å². The topological polar surface area (TPSA) is 12.9 Å². The number of benzene rings is 1. The fraction of sp³-hybridized carbons (Fsp3) is 0.227. The van der Waals surface area contributed by atoms with Gasteiger partial charge >= 0.3 is 0 Å². The van der Waals surface area contributed by atoms with Crippen molar-refractivity contribution in [1.82, 2.24) is 4.98 Å². The second-order valence-electron chi connectivity index (χ2n) is 7.02. The van der Waals surface area contributed by atoms with E-state index in [9.17, 15) is 0 Å². The van der Waals surface area contributed by atoms with Crippen LogP contribution in [-0.2, 0) is 19.3 Å². The van der Waals surface area contributed by atoms with Crippen LogP contribution in [0.4, 0.5) is 0 Å². The number of fused-ring (bicyclic) bond motifs is 6. The van der Waals surface area contributed by atoms with Gasteiger partial charge in [-0.25, -0.2) is 4.98 Å². The third-order valence-corrected chi connectivity index (χ3v) is 7.68. The summed E-state index contributed by atoms with van der Waals surface area (Å²) in [4.78, 5) is 9.44. The zero-order chi connectivity index (χ0) is 16.4. The molecule has 4 aromatic rings. The van der Waals surface area contributed by atoms with Gasteiger partial charge in [-0.05, 0) is 53.8 Å². The summed E-state index contributed by atoms with van der Waals surface area (Å²) >= 11 is 3.81. The van der Waals surface area contributed by atoms with Crippen LogP contribution in [0.5, 0.6) is 0 Å². The van der Waals surface area contributed by atoms with Gasteiger partial charge < -0.3 is 0 Å². The van der Waals surface area contributed by atoms with Crippen LogP contribution < -0.4 is 0 Å². The lowest BCUT2D eigenvalue weighted by molar-refractivity contribution is 0.700. The highest BCUT2D eigenvalue weighted by molar-refractivity contribution is 7.19. The van der Waals surface area contributed by atoms with Crippen molar-refractivity contribution in [1.29, 1.82) is 0 Å². The number of aryl methyl sites for hydroxylation is 2. The Morgan fingerprint density at radius 2 is 1.81 bits per heavy atom. The molecule has 0 saturated carbocycles. The van der Waals surface area contributed by atoms with Crippen molar-refractivity contribution < 1.29 is 0 Å². The summed E-state index contributed by atoms with van der Waals surface area (Å²) in [5.41, 5.74) is 8.51. The van der Waals surface area contributed by atoms with Crippen LogP contribution in [0.15, 0.2) is 41.8 Å². The number of nitrogens with zero attached hydrogens (tertiary/aromatic N) is 1. The van der Waals surface area contributed by atoms with Crippen molar-refractivity contribution in [2.45, 2.75) is 32.1 Å². The Kier molecular flexibility index (Phi) is 3.93. The zero-order valence-electron chi connectivity index (χ0n) is 14.2. The predicted molar refractivity (Wildman–Crippen MR) is 115 cm³/mol. The van der Waals surface area contributed by atoms with Crippen LogP contribution in [0.25, 0.3) is 31.9 Å². The normalized spacial score (nSPS) is 14.6. The summed E-state index contributed by atoms with van der Waals surface area (Å²) in [7, 11) is 0. The minimum Gasteiger partial charge on any atom is -0.237 e. The van der Waals surface area contributed by atoms with E-state index in [0.29, 0.717) is 0 Å². The summed E-state index contributed by atoms with van der Waals surface area (Å²) < 4.78 is 0. The maximum Gasteiger partial charge on any atom is 0.125 e. The molecule has 0 bridgehead atoms. The number of rotatable bonds is 1. The molecule has 0 amide bonds. The van der Waals surface area contributed by atoms with Crippen LogP contribution in [0, 0.1) is 0 Å². The first-order valence-corrected chi connectivity index (χ1v) is 10.7. The third kappa shape index (κ3) is 2.24. The average molecular weight is 396 g/mol. The standard InChI is InChI=1S/C22H17NS2.ClH/c1-2-7-14-13(6-1)12-16-19(18-10-5-11-24-18)20-15-8-3-4-9-17(15)25-22(20)23-21(14)16;/h1-2,5-7,10-11H,3-4,8-9,12H2;1H. The van der Waals surface area contributed by atoms with Crippen LogP contribution >= 0.6 is 35.1 Å². The Labute approximate surface area is 167 Å². The Morgan fingerprint density at radius 3 is 2.69 bits per heavy atom. The molecule has 0 saturated heterocycles. The van der Waals surface area contributed by atoms with Gasteiger partial charge in [-0.1, -0.05) is 30.3 Å². The molecule has 26 heavy (non-hydrogen) atoms. The number of hydrogen-bond donors (Lipinski definition) is 0. The Morgan fingerprint density at radius 1 is 0.923 bits per heavy atom. The SMILES string of the molecule is Cl.c1csc(-c2c3c(nc4sc5c(c24)CCCC5)-c2ccccc2C3)c1. The van der Waals surface area contributed by atoms with Crippen molar-refractivity contribution >= 4 is 45.3 Å². The molecule has 3 heterocycles. The van der Waals surface area contributed by atoms with Gasteiger partial charge in [-0.2, -0.15) is 0 Å². The van der Waals surface area contributed by atoms with Crippen molar-refractivity contribution in [3.63, 3.8) is 0 Å². The average Bonchev–Trinajstić information content (AvgIpc) is 3.36. The molecule has 4 heteroatoms. The molecular formula is C22H18ClNS2. The van der Waals surface area contributed by atoms with E-state index in [0.717, 1.165) is 6.42 Å². The van der Waals surface area contributed by atoms with Crippen molar-refractivity contribution in [2.75, 3.05) is 0 Å². The zero-order valence-corrected chi connectivity index (χ0v) is 16.7. The molecule has 0 unspecified atom stereocenters. The van der Waals surface area contributed by atoms with E-state index in [2.05, 4.69) is 41.8 Å². The number of hydrogen-bond acceptors (Lipinski definition) is 3. The number of pyridine rings is 1. The van der Waals surface area contributed by atoms with Crippen LogP contribution in [0.1, 0.15) is 34.4 Å². The minimum atomic E-state index is 0. The monoisotopic (exact) mass is 395 g/mol. The van der Waals surface area contributed by atoms with Crippen LogP contribution in [0.3, 0.4) is 0 Å². The van der Waals surface area contributed by atoms with Crippen LogP contribution in [0.2, 0.25) is 0 Å². The predicted octanol–water partition coefficient (Wildman–Crippen LogP) is 6.90. The van der Waals surface area contributed by atoms with Gasteiger partial charge in [-0.3, -0.25) is 0 Å². The smallest absolute Gasteiger partial charge is 0.125 e. The molecule has 0 radical (unpaired) electrons. The molecule has 6 rings (SSSR count). The molecule has 0 fully saturated rings. The fourth-order valence-corrected chi connectivity index (χ4v) is 6.59. The Balaban J connectivity index is 0.00000150.